The van der Waals surface area contributed by atoms with E-state index < -0.39 is 0 Å². The third-order valence-electron chi connectivity index (χ3n) is 11.1. The minimum Gasteiger partial charge on any atom is -0.309 e. The second-order valence-corrected chi connectivity index (χ2v) is 13.8. The highest BCUT2D eigenvalue weighted by atomic mass is 15.1. The van der Waals surface area contributed by atoms with Crippen LogP contribution in [0.25, 0.3) is 110 Å². The first-order chi connectivity index (χ1) is 25.8. The molecule has 7 aromatic carbocycles. The lowest BCUT2D eigenvalue weighted by molar-refractivity contribution is 1.10. The Bertz CT molecular complexity index is 3290. The largest absolute Gasteiger partial charge is 0.309 e. The van der Waals surface area contributed by atoms with Crippen LogP contribution in [-0.2, 0) is 0 Å². The lowest BCUT2D eigenvalue weighted by Crippen LogP contribution is -1.98. The molecule has 0 bridgehead atoms. The van der Waals surface area contributed by atoms with Gasteiger partial charge in [0.15, 0.2) is 0 Å². The molecule has 0 atom stereocenters. The fourth-order valence-electron chi connectivity index (χ4n) is 8.86. The molecule has 0 saturated heterocycles. The van der Waals surface area contributed by atoms with Crippen molar-refractivity contribution in [2.45, 2.75) is 0 Å². The maximum atomic E-state index is 5.35. The van der Waals surface area contributed by atoms with Gasteiger partial charge >= 0.3 is 0 Å². The first-order valence-corrected chi connectivity index (χ1v) is 17.7. The zero-order valence-electron chi connectivity index (χ0n) is 28.0. The molecule has 52 heavy (non-hydrogen) atoms. The van der Waals surface area contributed by atoms with E-state index in [9.17, 15) is 0 Å². The number of rotatable bonds is 3. The highest BCUT2D eigenvalue weighted by Crippen LogP contribution is 2.47. The van der Waals surface area contributed by atoms with E-state index >= 15 is 0 Å². The number of fused-ring (bicyclic) bond motifs is 11. The maximum Gasteiger partial charge on any atom is 0.138 e. The summed E-state index contributed by atoms with van der Waals surface area (Å²) in [4.78, 5) is 10.1. The van der Waals surface area contributed by atoms with Gasteiger partial charge in [-0.1, -0.05) is 97.1 Å². The van der Waals surface area contributed by atoms with Gasteiger partial charge in [0.1, 0.15) is 5.82 Å². The van der Waals surface area contributed by atoms with Gasteiger partial charge in [-0.25, -0.2) is 4.98 Å². The van der Waals surface area contributed by atoms with E-state index in [0.717, 1.165) is 39.2 Å². The van der Waals surface area contributed by atoms with Gasteiger partial charge in [-0.3, -0.25) is 9.55 Å². The van der Waals surface area contributed by atoms with E-state index in [1.807, 2.05) is 12.3 Å². The van der Waals surface area contributed by atoms with E-state index in [1.54, 1.807) is 0 Å². The molecule has 0 spiro atoms. The molecule has 0 N–H and O–H groups in total. The Kier molecular flexibility index (Phi) is 5.47. The highest BCUT2D eigenvalue weighted by molar-refractivity contribution is 6.22. The standard InChI is InChI=1S/C48H28N4/c1-2-11-32(12-3-1)51-41-18-7-6-14-34(41)37-26-30(20-22-42(37)51)31-21-23-43-39(27-31)47-33-13-5-4-10-29(33)19-24-44(47)52(43)45-28-38-35-16-9-25-49-48(35)36-15-8-17-40(50-45)46(36)38/h1-28H. The summed E-state index contributed by atoms with van der Waals surface area (Å²) in [5, 5.41) is 8.60. The van der Waals surface area contributed by atoms with Gasteiger partial charge in [0.05, 0.1) is 33.3 Å². The monoisotopic (exact) mass is 660 g/mol. The van der Waals surface area contributed by atoms with Crippen molar-refractivity contribution in [2.24, 2.45) is 0 Å². The average molecular weight is 661 g/mol. The number of hydrogen-bond donors (Lipinski definition) is 0. The van der Waals surface area contributed by atoms with Crippen LogP contribution >= 0.6 is 0 Å². The van der Waals surface area contributed by atoms with Crippen LogP contribution in [0, 0.1) is 0 Å². The first-order valence-electron chi connectivity index (χ1n) is 17.7. The Hall–Kier alpha value is -7.04. The molecule has 12 rings (SSSR count). The van der Waals surface area contributed by atoms with E-state index in [2.05, 4.69) is 167 Å². The number of benzene rings is 7. The Balaban J connectivity index is 1.12. The number of nitrogens with zero attached hydrogens (tertiary/aromatic N) is 4. The summed E-state index contributed by atoms with van der Waals surface area (Å²) in [5.74, 6) is 0.912. The van der Waals surface area contributed by atoms with Gasteiger partial charge in [0.25, 0.3) is 0 Å². The van der Waals surface area contributed by atoms with Gasteiger partial charge in [-0.15, -0.1) is 0 Å². The molecule has 0 amide bonds. The normalized spacial score (nSPS) is 12.2. The summed E-state index contributed by atoms with van der Waals surface area (Å²) < 4.78 is 4.73. The van der Waals surface area contributed by atoms with E-state index in [1.165, 1.54) is 71.1 Å². The Morgan fingerprint density at radius 1 is 0.404 bits per heavy atom. The summed E-state index contributed by atoms with van der Waals surface area (Å²) in [7, 11) is 0. The molecular formula is C48H28N4. The first kappa shape index (κ1) is 27.7. The smallest absolute Gasteiger partial charge is 0.138 e. The summed E-state index contributed by atoms with van der Waals surface area (Å²) in [6.07, 6.45) is 1.88. The molecule has 0 unspecified atom stereocenters. The lowest BCUT2D eigenvalue weighted by Gasteiger charge is -2.11. The summed E-state index contributed by atoms with van der Waals surface area (Å²) in [6, 6.07) is 59.3. The van der Waals surface area contributed by atoms with Crippen LogP contribution in [0.1, 0.15) is 0 Å². The van der Waals surface area contributed by atoms with Crippen LogP contribution in [0.4, 0.5) is 0 Å². The Morgan fingerprint density at radius 2 is 1.12 bits per heavy atom. The van der Waals surface area contributed by atoms with Crippen molar-refractivity contribution in [1.29, 1.82) is 0 Å². The van der Waals surface area contributed by atoms with E-state index in [4.69, 9.17) is 9.97 Å². The summed E-state index contributed by atoms with van der Waals surface area (Å²) >= 11 is 0. The maximum absolute atomic E-state index is 5.35. The Morgan fingerprint density at radius 3 is 2.00 bits per heavy atom. The molecule has 0 radical (unpaired) electrons. The van der Waals surface area contributed by atoms with Gasteiger partial charge in [0.2, 0.25) is 0 Å². The number of hydrogen-bond acceptors (Lipinski definition) is 2. The number of pyridine rings is 2. The molecule has 4 heterocycles. The zero-order valence-corrected chi connectivity index (χ0v) is 28.0. The van der Waals surface area contributed by atoms with Crippen LogP contribution in [-0.4, -0.2) is 19.1 Å². The molecule has 4 heteroatoms. The fourth-order valence-corrected chi connectivity index (χ4v) is 8.86. The second-order valence-electron chi connectivity index (χ2n) is 13.8. The van der Waals surface area contributed by atoms with Crippen LogP contribution in [0.15, 0.2) is 170 Å². The highest BCUT2D eigenvalue weighted by Gasteiger charge is 2.25. The number of aromatic nitrogens is 4. The molecule has 0 fully saturated rings. The van der Waals surface area contributed by atoms with Crippen LogP contribution in [0.5, 0.6) is 0 Å². The van der Waals surface area contributed by atoms with Crippen molar-refractivity contribution >= 4 is 65.3 Å². The molecule has 4 nitrogen and oxygen atoms in total. The SMILES string of the molecule is c1ccc(-n2c3ccccc3c3cc(-c4ccc5c(c4)c4c6ccccc6ccc4n5-c4cc5c6c(cccc6n4)-c4ncccc4-5)ccc32)cc1. The van der Waals surface area contributed by atoms with Crippen molar-refractivity contribution in [3.8, 4) is 45.0 Å². The molecule has 240 valence electrons. The van der Waals surface area contributed by atoms with Crippen molar-refractivity contribution < 1.29 is 0 Å². The number of para-hydroxylation sites is 2. The van der Waals surface area contributed by atoms with Crippen molar-refractivity contribution in [1.82, 2.24) is 19.1 Å². The summed E-state index contributed by atoms with van der Waals surface area (Å²) in [5.41, 5.74) is 13.8. The molecule has 0 saturated carbocycles. The zero-order chi connectivity index (χ0) is 33.9. The van der Waals surface area contributed by atoms with Crippen molar-refractivity contribution in [3.63, 3.8) is 0 Å². The predicted octanol–water partition coefficient (Wildman–Crippen LogP) is 12.3. The minimum atomic E-state index is 0.912. The van der Waals surface area contributed by atoms with Gasteiger partial charge < -0.3 is 4.57 Å². The van der Waals surface area contributed by atoms with Crippen molar-refractivity contribution in [3.05, 3.63) is 170 Å². The Labute approximate surface area is 298 Å². The lowest BCUT2D eigenvalue weighted by atomic mass is 9.99. The van der Waals surface area contributed by atoms with Gasteiger partial charge in [-0.05, 0) is 94.2 Å². The van der Waals surface area contributed by atoms with Crippen LogP contribution in [0.2, 0.25) is 0 Å². The molecule has 0 aliphatic heterocycles. The fraction of sp³-hybridized carbons (Fsp3) is 0. The van der Waals surface area contributed by atoms with Crippen LogP contribution < -0.4 is 0 Å². The third kappa shape index (κ3) is 3.70. The molecular weight excluding hydrogens is 633 g/mol. The third-order valence-corrected chi connectivity index (χ3v) is 11.1. The average Bonchev–Trinajstić information content (AvgIpc) is 3.84. The molecule has 4 aromatic heterocycles. The molecule has 1 aliphatic carbocycles. The summed E-state index contributed by atoms with van der Waals surface area (Å²) in [6.45, 7) is 0. The molecule has 1 aliphatic rings. The minimum absolute atomic E-state index is 0.912. The van der Waals surface area contributed by atoms with Crippen molar-refractivity contribution in [2.75, 3.05) is 0 Å². The second kappa shape index (κ2) is 10.3. The van der Waals surface area contributed by atoms with Gasteiger partial charge in [-0.2, -0.15) is 0 Å². The van der Waals surface area contributed by atoms with Crippen LogP contribution in [0.3, 0.4) is 0 Å². The quantitative estimate of drug-likeness (QED) is 0.189. The topological polar surface area (TPSA) is 35.6 Å². The van der Waals surface area contributed by atoms with E-state index in [0.29, 0.717) is 0 Å². The van der Waals surface area contributed by atoms with Gasteiger partial charge in [0, 0.05) is 49.9 Å². The predicted molar refractivity (Wildman–Crippen MR) is 216 cm³/mol. The molecule has 11 aromatic rings. The van der Waals surface area contributed by atoms with E-state index in [-0.39, 0.29) is 0 Å².